The van der Waals surface area contributed by atoms with Crippen molar-refractivity contribution in [3.8, 4) is 5.69 Å². The maximum Gasteiger partial charge on any atom is 0.254 e. The predicted octanol–water partition coefficient (Wildman–Crippen LogP) is 4.00. The summed E-state index contributed by atoms with van der Waals surface area (Å²) in [5, 5.41) is 8.05. The first-order chi connectivity index (χ1) is 13.2. The molecule has 1 aromatic carbocycles. The van der Waals surface area contributed by atoms with Crippen molar-refractivity contribution < 1.29 is 4.79 Å². The summed E-state index contributed by atoms with van der Waals surface area (Å²) in [6.45, 7) is 0.582. The number of thiol groups is 1. The SMILES string of the molecule is O=C(NCCS)c1cn(-c2ccccc2)nc1C12CC3CC(CC(C3)C1)C2. The lowest BCUT2D eigenvalue weighted by molar-refractivity contribution is -0.00770. The Morgan fingerprint density at radius 1 is 1.11 bits per heavy atom. The maximum absolute atomic E-state index is 13.0. The summed E-state index contributed by atoms with van der Waals surface area (Å²) in [6, 6.07) is 10.1. The summed E-state index contributed by atoms with van der Waals surface area (Å²) in [6.07, 6.45) is 9.73. The Morgan fingerprint density at radius 2 is 1.74 bits per heavy atom. The van der Waals surface area contributed by atoms with Crippen molar-refractivity contribution in [2.24, 2.45) is 17.8 Å². The van der Waals surface area contributed by atoms with Crippen LogP contribution in [0.15, 0.2) is 36.5 Å². The molecule has 1 heterocycles. The van der Waals surface area contributed by atoms with Gasteiger partial charge in [0, 0.05) is 23.9 Å². The second-order valence-electron chi connectivity index (χ2n) is 8.85. The standard InChI is InChI=1S/C22H27N3OS/c26-21(23-6-7-27)19-14-25(18-4-2-1-3-5-18)24-20(19)22-11-15-8-16(12-22)10-17(9-15)13-22/h1-5,14-17,27H,6-13H2,(H,23,26). The van der Waals surface area contributed by atoms with E-state index in [1.165, 1.54) is 38.5 Å². The second-order valence-corrected chi connectivity index (χ2v) is 9.30. The smallest absolute Gasteiger partial charge is 0.254 e. The van der Waals surface area contributed by atoms with Gasteiger partial charge in [0.2, 0.25) is 0 Å². The number of aromatic nitrogens is 2. The topological polar surface area (TPSA) is 46.9 Å². The van der Waals surface area contributed by atoms with Crippen molar-refractivity contribution in [1.29, 1.82) is 0 Å². The van der Waals surface area contributed by atoms with Gasteiger partial charge in [0.15, 0.2) is 0 Å². The van der Waals surface area contributed by atoms with Crippen molar-refractivity contribution in [3.05, 3.63) is 47.8 Å². The van der Waals surface area contributed by atoms with Gasteiger partial charge in [0.05, 0.1) is 16.9 Å². The molecule has 4 bridgehead atoms. The third-order valence-corrected chi connectivity index (χ3v) is 7.14. The summed E-state index contributed by atoms with van der Waals surface area (Å²) in [4.78, 5) is 13.0. The van der Waals surface area contributed by atoms with Crippen LogP contribution in [0.3, 0.4) is 0 Å². The predicted molar refractivity (Wildman–Crippen MR) is 110 cm³/mol. The van der Waals surface area contributed by atoms with Gasteiger partial charge in [-0.25, -0.2) is 4.68 Å². The number of amides is 1. The first-order valence-corrected chi connectivity index (χ1v) is 10.8. The zero-order valence-corrected chi connectivity index (χ0v) is 16.5. The molecule has 0 atom stereocenters. The molecule has 0 spiro atoms. The van der Waals surface area contributed by atoms with Crippen molar-refractivity contribution in [3.63, 3.8) is 0 Å². The fraction of sp³-hybridized carbons (Fsp3) is 0.545. The summed E-state index contributed by atoms with van der Waals surface area (Å²) < 4.78 is 1.91. The van der Waals surface area contributed by atoms with Gasteiger partial charge in [0.1, 0.15) is 0 Å². The maximum atomic E-state index is 13.0. The van der Waals surface area contributed by atoms with Gasteiger partial charge < -0.3 is 5.32 Å². The molecule has 0 unspecified atom stereocenters. The van der Waals surface area contributed by atoms with E-state index in [1.807, 2.05) is 41.2 Å². The number of carbonyl (C=O) groups is 1. The van der Waals surface area contributed by atoms with E-state index in [1.54, 1.807) is 0 Å². The van der Waals surface area contributed by atoms with Crippen LogP contribution in [0.2, 0.25) is 0 Å². The first-order valence-electron chi connectivity index (χ1n) is 10.2. The van der Waals surface area contributed by atoms with Crippen LogP contribution in [0, 0.1) is 17.8 Å². The zero-order chi connectivity index (χ0) is 18.4. The van der Waals surface area contributed by atoms with Crippen LogP contribution in [0.4, 0.5) is 0 Å². The highest BCUT2D eigenvalue weighted by atomic mass is 32.1. The van der Waals surface area contributed by atoms with Crippen LogP contribution in [-0.2, 0) is 5.41 Å². The summed E-state index contributed by atoms with van der Waals surface area (Å²) >= 11 is 4.24. The van der Waals surface area contributed by atoms with E-state index >= 15 is 0 Å². The average molecular weight is 382 g/mol. The minimum atomic E-state index is -0.00280. The number of rotatable bonds is 5. The normalized spacial score (nSPS) is 31.2. The molecule has 0 radical (unpaired) electrons. The Morgan fingerprint density at radius 3 is 2.33 bits per heavy atom. The molecule has 6 rings (SSSR count). The molecule has 0 saturated heterocycles. The van der Waals surface area contributed by atoms with Gasteiger partial charge in [-0.3, -0.25) is 4.79 Å². The highest BCUT2D eigenvalue weighted by Gasteiger charge is 2.53. The number of hydrogen-bond donors (Lipinski definition) is 2. The van der Waals surface area contributed by atoms with E-state index in [0.717, 1.165) is 34.7 Å². The Hall–Kier alpha value is -1.75. The monoisotopic (exact) mass is 381 g/mol. The molecule has 142 valence electrons. The molecule has 4 saturated carbocycles. The van der Waals surface area contributed by atoms with Crippen molar-refractivity contribution in [1.82, 2.24) is 15.1 Å². The van der Waals surface area contributed by atoms with Crippen LogP contribution >= 0.6 is 12.6 Å². The molecular weight excluding hydrogens is 354 g/mol. The van der Waals surface area contributed by atoms with Crippen LogP contribution in [0.1, 0.15) is 54.6 Å². The molecule has 1 N–H and O–H groups in total. The molecule has 0 aliphatic heterocycles. The number of para-hydroxylation sites is 1. The van der Waals surface area contributed by atoms with E-state index < -0.39 is 0 Å². The first kappa shape index (κ1) is 17.4. The summed E-state index contributed by atoms with van der Waals surface area (Å²) in [5.41, 5.74) is 2.92. The van der Waals surface area contributed by atoms with Crippen molar-refractivity contribution in [2.75, 3.05) is 12.3 Å². The molecule has 4 fully saturated rings. The lowest BCUT2D eigenvalue weighted by Crippen LogP contribution is -2.49. The number of hydrogen-bond acceptors (Lipinski definition) is 3. The van der Waals surface area contributed by atoms with E-state index in [-0.39, 0.29) is 11.3 Å². The third kappa shape index (κ3) is 3.00. The third-order valence-electron chi connectivity index (χ3n) is 6.92. The van der Waals surface area contributed by atoms with E-state index in [0.29, 0.717) is 12.3 Å². The largest absolute Gasteiger partial charge is 0.351 e. The van der Waals surface area contributed by atoms with E-state index in [9.17, 15) is 4.79 Å². The number of nitrogens with zero attached hydrogens (tertiary/aromatic N) is 2. The van der Waals surface area contributed by atoms with Crippen LogP contribution in [0.25, 0.3) is 5.69 Å². The Kier molecular flexibility index (Phi) is 4.30. The minimum Gasteiger partial charge on any atom is -0.351 e. The molecule has 4 aliphatic rings. The molecule has 4 nitrogen and oxygen atoms in total. The van der Waals surface area contributed by atoms with Gasteiger partial charge in [-0.15, -0.1) is 0 Å². The van der Waals surface area contributed by atoms with E-state index in [2.05, 4.69) is 17.9 Å². The van der Waals surface area contributed by atoms with Gasteiger partial charge in [0.25, 0.3) is 5.91 Å². The van der Waals surface area contributed by atoms with Crippen LogP contribution in [-0.4, -0.2) is 28.0 Å². The highest BCUT2D eigenvalue weighted by molar-refractivity contribution is 7.80. The Bertz CT molecular complexity index is 809. The number of carbonyl (C=O) groups excluding carboxylic acids is 1. The van der Waals surface area contributed by atoms with Gasteiger partial charge in [-0.05, 0) is 68.4 Å². The molecular formula is C22H27N3OS. The molecule has 1 aromatic heterocycles. The Balaban J connectivity index is 1.58. The summed E-state index contributed by atoms with van der Waals surface area (Å²) in [5.74, 6) is 3.12. The van der Waals surface area contributed by atoms with Gasteiger partial charge >= 0.3 is 0 Å². The number of benzene rings is 1. The van der Waals surface area contributed by atoms with Crippen molar-refractivity contribution >= 4 is 18.5 Å². The molecule has 4 aliphatic carbocycles. The second kappa shape index (κ2) is 6.69. The fourth-order valence-corrected chi connectivity index (χ4v) is 6.42. The van der Waals surface area contributed by atoms with E-state index in [4.69, 9.17) is 5.10 Å². The van der Waals surface area contributed by atoms with Gasteiger partial charge in [-0.1, -0.05) is 18.2 Å². The molecule has 27 heavy (non-hydrogen) atoms. The van der Waals surface area contributed by atoms with Gasteiger partial charge in [-0.2, -0.15) is 17.7 Å². The molecule has 2 aromatic rings. The van der Waals surface area contributed by atoms with Crippen LogP contribution in [0.5, 0.6) is 0 Å². The molecule has 5 heteroatoms. The minimum absolute atomic E-state index is 0.00280. The lowest BCUT2D eigenvalue weighted by atomic mass is 9.48. The van der Waals surface area contributed by atoms with Crippen LogP contribution < -0.4 is 5.32 Å². The summed E-state index contributed by atoms with van der Waals surface area (Å²) in [7, 11) is 0. The number of nitrogens with one attached hydrogen (secondary N) is 1. The average Bonchev–Trinajstić information content (AvgIpc) is 3.12. The Labute approximate surface area is 166 Å². The highest BCUT2D eigenvalue weighted by Crippen LogP contribution is 2.60. The zero-order valence-electron chi connectivity index (χ0n) is 15.6. The fourth-order valence-electron chi connectivity index (χ4n) is 6.31. The molecule has 1 amide bonds. The quantitative estimate of drug-likeness (QED) is 0.769. The lowest BCUT2D eigenvalue weighted by Gasteiger charge is -2.56. The van der Waals surface area contributed by atoms with Crippen molar-refractivity contribution in [2.45, 2.75) is 43.9 Å².